The normalized spacial score (nSPS) is 11.1. The van der Waals surface area contributed by atoms with E-state index in [2.05, 4.69) is 6.07 Å². The Balaban J connectivity index is 1.88. The third-order valence-electron chi connectivity index (χ3n) is 3.61. The molecule has 5 heteroatoms. The van der Waals surface area contributed by atoms with E-state index in [-0.39, 0.29) is 5.56 Å². The summed E-state index contributed by atoms with van der Waals surface area (Å²) in [5.41, 5.74) is 2.18. The van der Waals surface area contributed by atoms with Gasteiger partial charge in [0, 0.05) is 10.6 Å². The van der Waals surface area contributed by atoms with Gasteiger partial charge in [-0.1, -0.05) is 35.9 Å². The first kappa shape index (κ1) is 16.6. The molecule has 0 saturated carbocycles. The van der Waals surface area contributed by atoms with Gasteiger partial charge in [-0.2, -0.15) is 5.26 Å². The smallest absolute Gasteiger partial charge is 0.335 e. The number of benzene rings is 2. The van der Waals surface area contributed by atoms with Crippen molar-refractivity contribution in [2.24, 2.45) is 0 Å². The van der Waals surface area contributed by atoms with Crippen LogP contribution in [0.5, 0.6) is 0 Å². The van der Waals surface area contributed by atoms with E-state index in [0.717, 1.165) is 11.1 Å². The summed E-state index contributed by atoms with van der Waals surface area (Å²) in [6.07, 6.45) is 1.65. The van der Waals surface area contributed by atoms with Crippen molar-refractivity contribution in [3.63, 3.8) is 0 Å². The van der Waals surface area contributed by atoms with Crippen LogP contribution in [-0.4, -0.2) is 11.1 Å². The molecular weight excluding hydrogens is 338 g/mol. The van der Waals surface area contributed by atoms with Crippen LogP contribution in [0.1, 0.15) is 21.7 Å². The lowest BCUT2D eigenvalue weighted by Crippen LogP contribution is -1.94. The Morgan fingerprint density at radius 2 is 1.64 bits per heavy atom. The number of halogens is 1. The van der Waals surface area contributed by atoms with Crippen LogP contribution >= 0.6 is 11.6 Å². The minimum atomic E-state index is -0.976. The summed E-state index contributed by atoms with van der Waals surface area (Å²) in [5, 5.41) is 18.9. The van der Waals surface area contributed by atoms with E-state index in [9.17, 15) is 10.1 Å². The standard InChI is InChI=1S/C20H12ClNO3/c21-17-7-5-13(6-8-17)16(12-22)11-18-9-10-19(25-18)14-1-3-15(4-2-14)20(23)24/h1-11H,(H,23,24)/b16-11+. The second kappa shape index (κ2) is 7.08. The molecule has 122 valence electrons. The molecule has 3 aromatic rings. The van der Waals surface area contributed by atoms with Crippen LogP contribution in [0.25, 0.3) is 23.0 Å². The van der Waals surface area contributed by atoms with Crippen molar-refractivity contribution in [2.45, 2.75) is 0 Å². The predicted molar refractivity (Wildman–Crippen MR) is 96.0 cm³/mol. The van der Waals surface area contributed by atoms with Crippen LogP contribution in [0.4, 0.5) is 0 Å². The number of nitriles is 1. The number of nitrogens with zero attached hydrogens (tertiary/aromatic N) is 1. The van der Waals surface area contributed by atoms with Gasteiger partial charge in [0.1, 0.15) is 11.5 Å². The molecule has 0 aliphatic carbocycles. The van der Waals surface area contributed by atoms with Crippen molar-refractivity contribution in [3.8, 4) is 17.4 Å². The topological polar surface area (TPSA) is 74.2 Å². The summed E-state index contributed by atoms with van der Waals surface area (Å²) in [6.45, 7) is 0. The summed E-state index contributed by atoms with van der Waals surface area (Å²) >= 11 is 5.86. The minimum absolute atomic E-state index is 0.213. The lowest BCUT2D eigenvalue weighted by molar-refractivity contribution is 0.0697. The highest BCUT2D eigenvalue weighted by molar-refractivity contribution is 6.30. The van der Waals surface area contributed by atoms with E-state index in [1.54, 1.807) is 54.6 Å². The molecule has 1 aromatic heterocycles. The lowest BCUT2D eigenvalue weighted by Gasteiger charge is -1.99. The van der Waals surface area contributed by atoms with E-state index >= 15 is 0 Å². The van der Waals surface area contributed by atoms with E-state index < -0.39 is 5.97 Å². The number of carboxylic acid groups (broad SMARTS) is 1. The zero-order valence-corrected chi connectivity index (χ0v) is 13.7. The van der Waals surface area contributed by atoms with Crippen LogP contribution in [0.15, 0.2) is 65.1 Å². The summed E-state index contributed by atoms with van der Waals surface area (Å²) in [7, 11) is 0. The summed E-state index contributed by atoms with van der Waals surface area (Å²) in [6, 6.07) is 19.1. The fourth-order valence-corrected chi connectivity index (χ4v) is 2.44. The third-order valence-corrected chi connectivity index (χ3v) is 3.86. The molecule has 0 spiro atoms. The van der Waals surface area contributed by atoms with Gasteiger partial charge in [-0.25, -0.2) is 4.79 Å². The fraction of sp³-hybridized carbons (Fsp3) is 0. The van der Waals surface area contributed by atoms with Gasteiger partial charge in [0.25, 0.3) is 0 Å². The summed E-state index contributed by atoms with van der Waals surface area (Å²) in [4.78, 5) is 10.9. The number of hydrogen-bond acceptors (Lipinski definition) is 3. The average Bonchev–Trinajstić information content (AvgIpc) is 3.09. The maximum absolute atomic E-state index is 10.9. The van der Waals surface area contributed by atoms with Crippen LogP contribution in [0, 0.1) is 11.3 Å². The molecule has 4 nitrogen and oxygen atoms in total. The molecule has 0 radical (unpaired) electrons. The molecule has 2 aromatic carbocycles. The maximum atomic E-state index is 10.9. The molecule has 3 rings (SSSR count). The Kier molecular flexibility index (Phi) is 4.69. The van der Waals surface area contributed by atoms with Gasteiger partial charge in [-0.05, 0) is 48.0 Å². The highest BCUT2D eigenvalue weighted by Gasteiger charge is 2.08. The van der Waals surface area contributed by atoms with Crippen molar-refractivity contribution >= 4 is 29.2 Å². The van der Waals surface area contributed by atoms with Crippen LogP contribution in [-0.2, 0) is 0 Å². The highest BCUT2D eigenvalue weighted by atomic mass is 35.5. The summed E-state index contributed by atoms with van der Waals surface area (Å²) < 4.78 is 5.75. The van der Waals surface area contributed by atoms with Gasteiger partial charge in [0.15, 0.2) is 0 Å². The fourth-order valence-electron chi connectivity index (χ4n) is 2.31. The van der Waals surface area contributed by atoms with E-state index in [1.807, 2.05) is 0 Å². The van der Waals surface area contributed by atoms with Crippen LogP contribution in [0.2, 0.25) is 5.02 Å². The van der Waals surface area contributed by atoms with Gasteiger partial charge in [-0.3, -0.25) is 0 Å². The minimum Gasteiger partial charge on any atom is -0.478 e. The molecule has 25 heavy (non-hydrogen) atoms. The van der Waals surface area contributed by atoms with Crippen molar-refractivity contribution in [2.75, 3.05) is 0 Å². The molecule has 0 aliphatic rings. The second-order valence-corrected chi connectivity index (χ2v) is 5.70. The monoisotopic (exact) mass is 349 g/mol. The molecule has 1 N–H and O–H groups in total. The van der Waals surface area contributed by atoms with Crippen molar-refractivity contribution in [1.82, 2.24) is 0 Å². The SMILES string of the molecule is N#C/C(=C\c1ccc(-c2ccc(C(=O)O)cc2)o1)c1ccc(Cl)cc1. The Hall–Kier alpha value is -3.29. The molecule has 1 heterocycles. The average molecular weight is 350 g/mol. The second-order valence-electron chi connectivity index (χ2n) is 5.26. The van der Waals surface area contributed by atoms with Gasteiger partial charge in [0.05, 0.1) is 17.2 Å². The first-order valence-corrected chi connectivity index (χ1v) is 7.76. The Labute approximate surface area is 149 Å². The number of hydrogen-bond donors (Lipinski definition) is 1. The van der Waals surface area contributed by atoms with Gasteiger partial charge in [0.2, 0.25) is 0 Å². The number of aromatic carboxylic acids is 1. The zero-order valence-electron chi connectivity index (χ0n) is 12.9. The lowest BCUT2D eigenvalue weighted by atomic mass is 10.1. The van der Waals surface area contributed by atoms with E-state index in [0.29, 0.717) is 22.1 Å². The Morgan fingerprint density at radius 3 is 2.24 bits per heavy atom. The number of carbonyl (C=O) groups is 1. The quantitative estimate of drug-likeness (QED) is 0.643. The highest BCUT2D eigenvalue weighted by Crippen LogP contribution is 2.26. The number of rotatable bonds is 4. The zero-order chi connectivity index (χ0) is 17.8. The molecule has 0 unspecified atom stereocenters. The number of allylic oxidation sites excluding steroid dienone is 1. The van der Waals surface area contributed by atoms with E-state index in [4.69, 9.17) is 21.1 Å². The summed E-state index contributed by atoms with van der Waals surface area (Å²) in [5.74, 6) is 0.150. The maximum Gasteiger partial charge on any atom is 0.335 e. The molecule has 0 bridgehead atoms. The molecule has 0 fully saturated rings. The Bertz CT molecular complexity index is 977. The Morgan fingerprint density at radius 1 is 1.00 bits per heavy atom. The van der Waals surface area contributed by atoms with Crippen molar-refractivity contribution in [1.29, 1.82) is 5.26 Å². The van der Waals surface area contributed by atoms with Crippen LogP contribution < -0.4 is 0 Å². The first-order chi connectivity index (χ1) is 12.1. The molecule has 0 amide bonds. The van der Waals surface area contributed by atoms with Crippen molar-refractivity contribution in [3.05, 3.63) is 82.6 Å². The van der Waals surface area contributed by atoms with Gasteiger partial charge >= 0.3 is 5.97 Å². The molecule has 0 aliphatic heterocycles. The van der Waals surface area contributed by atoms with Gasteiger partial charge < -0.3 is 9.52 Å². The molecule has 0 atom stereocenters. The number of carboxylic acids is 1. The van der Waals surface area contributed by atoms with Crippen LogP contribution in [0.3, 0.4) is 0 Å². The number of furan rings is 1. The largest absolute Gasteiger partial charge is 0.478 e. The first-order valence-electron chi connectivity index (χ1n) is 7.38. The molecular formula is C20H12ClNO3. The van der Waals surface area contributed by atoms with Crippen molar-refractivity contribution < 1.29 is 14.3 Å². The third kappa shape index (κ3) is 3.79. The van der Waals surface area contributed by atoms with Gasteiger partial charge in [-0.15, -0.1) is 0 Å². The predicted octanol–water partition coefficient (Wildman–Crippen LogP) is 5.36. The van der Waals surface area contributed by atoms with E-state index in [1.165, 1.54) is 12.1 Å². The molecule has 0 saturated heterocycles.